The summed E-state index contributed by atoms with van der Waals surface area (Å²) in [6.45, 7) is 4.01. The van der Waals surface area contributed by atoms with E-state index in [1.807, 2.05) is 19.2 Å². The third-order valence-electron chi connectivity index (χ3n) is 4.21. The predicted molar refractivity (Wildman–Crippen MR) is 101 cm³/mol. The third-order valence-corrected chi connectivity index (χ3v) is 4.21. The lowest BCUT2D eigenvalue weighted by Gasteiger charge is -2.18. The number of hydrogen-bond donors (Lipinski definition) is 0. The Morgan fingerprint density at radius 2 is 2.11 bits per heavy atom. The maximum absolute atomic E-state index is 10.9. The Hall–Kier alpha value is -3.36. The minimum atomic E-state index is -0.458. The van der Waals surface area contributed by atoms with Crippen LogP contribution >= 0.6 is 0 Å². The molecule has 0 radical (unpaired) electrons. The van der Waals surface area contributed by atoms with Gasteiger partial charge in [-0.2, -0.15) is 0 Å². The van der Waals surface area contributed by atoms with Crippen LogP contribution in [0, 0.1) is 17.0 Å². The molecule has 3 rings (SSSR count). The quantitative estimate of drug-likeness (QED) is 0.307. The van der Waals surface area contributed by atoms with Gasteiger partial charge >= 0.3 is 5.82 Å². The molecule has 0 aliphatic carbocycles. The van der Waals surface area contributed by atoms with Crippen molar-refractivity contribution in [2.24, 2.45) is 5.16 Å². The van der Waals surface area contributed by atoms with Crippen LogP contribution in [0.2, 0.25) is 0 Å². The Morgan fingerprint density at radius 1 is 1.33 bits per heavy atom. The first kappa shape index (κ1) is 18.4. The molecule has 9 nitrogen and oxygen atoms in total. The van der Waals surface area contributed by atoms with E-state index in [0.29, 0.717) is 12.4 Å². The number of oxime groups is 1. The average molecular weight is 370 g/mol. The van der Waals surface area contributed by atoms with E-state index in [-0.39, 0.29) is 12.4 Å². The molecule has 0 saturated heterocycles. The van der Waals surface area contributed by atoms with Gasteiger partial charge in [-0.1, -0.05) is 29.4 Å². The van der Waals surface area contributed by atoms with E-state index in [4.69, 9.17) is 4.84 Å². The fourth-order valence-corrected chi connectivity index (χ4v) is 2.80. The van der Waals surface area contributed by atoms with Crippen LogP contribution in [0.5, 0.6) is 0 Å². The molecule has 142 valence electrons. The van der Waals surface area contributed by atoms with E-state index < -0.39 is 4.92 Å². The summed E-state index contributed by atoms with van der Waals surface area (Å²) in [6.07, 6.45) is 7.01. The van der Waals surface area contributed by atoms with Gasteiger partial charge < -0.3 is 24.8 Å². The lowest BCUT2D eigenvalue weighted by atomic mass is 10.1. The smallest absolute Gasteiger partial charge is 0.342 e. The summed E-state index contributed by atoms with van der Waals surface area (Å²) in [6, 6.07) is 8.09. The van der Waals surface area contributed by atoms with E-state index in [9.17, 15) is 10.1 Å². The molecule has 0 atom stereocenters. The van der Waals surface area contributed by atoms with Crippen LogP contribution in [0.15, 0.2) is 48.0 Å². The van der Waals surface area contributed by atoms with Crippen molar-refractivity contribution in [3.05, 3.63) is 69.9 Å². The van der Waals surface area contributed by atoms with Gasteiger partial charge in [0.25, 0.3) is 0 Å². The largest absolute Gasteiger partial charge is 0.392 e. The van der Waals surface area contributed by atoms with Crippen LogP contribution in [0.3, 0.4) is 0 Å². The monoisotopic (exact) mass is 370 g/mol. The topological polar surface area (TPSA) is 89.0 Å². The highest BCUT2D eigenvalue weighted by molar-refractivity contribution is 5.79. The van der Waals surface area contributed by atoms with E-state index in [0.717, 1.165) is 18.8 Å². The first-order chi connectivity index (χ1) is 13.0. The number of aryl methyl sites for hydroxylation is 1. The molecule has 0 spiro atoms. The Bertz CT molecular complexity index is 843. The first-order valence-electron chi connectivity index (χ1n) is 8.56. The van der Waals surface area contributed by atoms with Gasteiger partial charge in [0.05, 0.1) is 12.9 Å². The van der Waals surface area contributed by atoms with E-state index in [2.05, 4.69) is 44.5 Å². The highest BCUT2D eigenvalue weighted by Gasteiger charge is 2.16. The SMILES string of the molecule is Cc1ncc([N+](=O)[O-])n1CCO/N=C/c1ccc(CN2C=CN(C)C2)cc1. The Labute approximate surface area is 157 Å². The summed E-state index contributed by atoms with van der Waals surface area (Å²) in [5, 5.41) is 14.9. The highest BCUT2D eigenvalue weighted by Crippen LogP contribution is 2.13. The molecule has 9 heteroatoms. The van der Waals surface area contributed by atoms with Crippen LogP contribution in [-0.4, -0.2) is 50.8 Å². The van der Waals surface area contributed by atoms with Crippen LogP contribution in [0.4, 0.5) is 5.82 Å². The maximum Gasteiger partial charge on any atom is 0.342 e. The predicted octanol–water partition coefficient (Wildman–Crippen LogP) is 2.33. The molecule has 1 aliphatic rings. The summed E-state index contributed by atoms with van der Waals surface area (Å²) in [7, 11) is 2.04. The van der Waals surface area contributed by atoms with Crippen molar-refractivity contribution in [2.75, 3.05) is 20.3 Å². The fourth-order valence-electron chi connectivity index (χ4n) is 2.80. The normalized spacial score (nSPS) is 13.7. The number of nitro groups is 1. The Kier molecular flexibility index (Phi) is 5.70. The Balaban J connectivity index is 1.45. The van der Waals surface area contributed by atoms with Crippen LogP contribution in [0.25, 0.3) is 0 Å². The number of hydrogen-bond acceptors (Lipinski definition) is 7. The molecule has 2 aromatic rings. The highest BCUT2D eigenvalue weighted by atomic mass is 16.6. The van der Waals surface area contributed by atoms with Crippen molar-refractivity contribution < 1.29 is 9.76 Å². The van der Waals surface area contributed by atoms with Gasteiger partial charge in [-0.15, -0.1) is 0 Å². The maximum atomic E-state index is 10.9. The fraction of sp³-hybridized carbons (Fsp3) is 0.333. The summed E-state index contributed by atoms with van der Waals surface area (Å²) >= 11 is 0. The molecule has 1 aliphatic heterocycles. The number of benzene rings is 1. The minimum absolute atomic E-state index is 0.0466. The van der Waals surface area contributed by atoms with Gasteiger partial charge in [-0.25, -0.2) is 9.55 Å². The molecule has 27 heavy (non-hydrogen) atoms. The van der Waals surface area contributed by atoms with Crippen LogP contribution in [0.1, 0.15) is 17.0 Å². The number of nitrogens with zero attached hydrogens (tertiary/aromatic N) is 6. The summed E-state index contributed by atoms with van der Waals surface area (Å²) < 4.78 is 1.49. The standard InChI is InChI=1S/C18H22N6O3/c1-15-19-12-18(24(25)26)23(15)9-10-27-20-11-16-3-5-17(6-4-16)13-22-8-7-21(2)14-22/h3-8,11-12H,9-10,13-14H2,1-2H3/b20-11+. The van der Waals surface area contributed by atoms with E-state index >= 15 is 0 Å². The zero-order chi connectivity index (χ0) is 19.2. The van der Waals surface area contributed by atoms with E-state index in [1.54, 1.807) is 13.1 Å². The van der Waals surface area contributed by atoms with Crippen molar-refractivity contribution in [3.8, 4) is 0 Å². The van der Waals surface area contributed by atoms with Crippen molar-refractivity contribution in [1.29, 1.82) is 0 Å². The second-order valence-electron chi connectivity index (χ2n) is 6.33. The van der Waals surface area contributed by atoms with Gasteiger partial charge in [0.2, 0.25) is 0 Å². The Morgan fingerprint density at radius 3 is 2.78 bits per heavy atom. The molecule has 0 N–H and O–H groups in total. The summed E-state index contributed by atoms with van der Waals surface area (Å²) in [5.41, 5.74) is 2.15. The zero-order valence-electron chi connectivity index (χ0n) is 15.4. The molecule has 0 unspecified atom stereocenters. The summed E-state index contributed by atoms with van der Waals surface area (Å²) in [5.74, 6) is 0.526. The van der Waals surface area contributed by atoms with Crippen molar-refractivity contribution in [3.63, 3.8) is 0 Å². The lowest BCUT2D eigenvalue weighted by Crippen LogP contribution is -2.21. The van der Waals surface area contributed by atoms with Crippen molar-refractivity contribution >= 4 is 12.0 Å². The second-order valence-corrected chi connectivity index (χ2v) is 6.33. The van der Waals surface area contributed by atoms with Crippen LogP contribution < -0.4 is 0 Å². The van der Waals surface area contributed by atoms with Gasteiger partial charge in [0.15, 0.2) is 12.4 Å². The number of rotatable bonds is 8. The van der Waals surface area contributed by atoms with Gasteiger partial charge in [-0.3, -0.25) is 0 Å². The second kappa shape index (κ2) is 8.35. The van der Waals surface area contributed by atoms with E-state index in [1.165, 1.54) is 16.3 Å². The lowest BCUT2D eigenvalue weighted by molar-refractivity contribution is -0.392. The van der Waals surface area contributed by atoms with Gasteiger partial charge in [0, 0.05) is 32.9 Å². The minimum Gasteiger partial charge on any atom is -0.392 e. The number of imidazole rings is 1. The molecule has 2 heterocycles. The molecular weight excluding hydrogens is 348 g/mol. The van der Waals surface area contributed by atoms with Gasteiger partial charge in [-0.05, 0) is 16.1 Å². The number of aromatic nitrogens is 2. The average Bonchev–Trinajstić information content (AvgIpc) is 3.22. The molecule has 0 bridgehead atoms. The third kappa shape index (κ3) is 4.84. The van der Waals surface area contributed by atoms with Gasteiger partial charge in [0.1, 0.15) is 12.7 Å². The van der Waals surface area contributed by atoms with Crippen molar-refractivity contribution in [2.45, 2.75) is 20.0 Å². The zero-order valence-corrected chi connectivity index (χ0v) is 15.4. The summed E-state index contributed by atoms with van der Waals surface area (Å²) in [4.78, 5) is 24.0. The molecule has 0 fully saturated rings. The molecule has 1 aromatic carbocycles. The molecular formula is C18H22N6O3. The van der Waals surface area contributed by atoms with Crippen LogP contribution in [-0.2, 0) is 17.9 Å². The molecule has 0 amide bonds. The molecule has 0 saturated carbocycles. The molecule has 1 aromatic heterocycles. The first-order valence-corrected chi connectivity index (χ1v) is 8.56. The van der Waals surface area contributed by atoms with Crippen molar-refractivity contribution in [1.82, 2.24) is 19.4 Å².